The van der Waals surface area contributed by atoms with E-state index in [9.17, 15) is 4.39 Å². The Morgan fingerprint density at radius 3 is 2.80 bits per heavy atom. The number of benzene rings is 1. The molecule has 4 aromatic rings. The highest BCUT2D eigenvalue weighted by molar-refractivity contribution is 6.32. The molecular weight excluding hydrogens is 473 g/mol. The average Bonchev–Trinajstić information content (AvgIpc) is 3.27. The van der Waals surface area contributed by atoms with Crippen molar-refractivity contribution in [1.29, 1.82) is 0 Å². The van der Waals surface area contributed by atoms with Gasteiger partial charge in [0.05, 0.1) is 11.2 Å². The summed E-state index contributed by atoms with van der Waals surface area (Å²) in [6.45, 7) is 4.52. The molecule has 0 aliphatic carbocycles. The number of nitrogens with zero attached hydrogens (tertiary/aromatic N) is 5. The molecule has 0 bridgehead atoms. The molecule has 3 aromatic heterocycles. The molecule has 1 aliphatic heterocycles. The number of aromatic nitrogens is 5. The first-order valence-electron chi connectivity index (χ1n) is 11.4. The van der Waals surface area contributed by atoms with E-state index in [0.717, 1.165) is 18.8 Å². The molecule has 5 rings (SSSR count). The van der Waals surface area contributed by atoms with E-state index >= 15 is 0 Å². The van der Waals surface area contributed by atoms with Gasteiger partial charge in [-0.05, 0) is 50.1 Å². The van der Waals surface area contributed by atoms with Crippen molar-refractivity contribution in [3.63, 3.8) is 0 Å². The second kappa shape index (κ2) is 10.4. The van der Waals surface area contributed by atoms with Crippen molar-refractivity contribution in [2.24, 2.45) is 0 Å². The van der Waals surface area contributed by atoms with Crippen LogP contribution >= 0.6 is 11.6 Å². The summed E-state index contributed by atoms with van der Waals surface area (Å²) in [5.74, 6) is 2.05. The molecule has 0 amide bonds. The molecule has 1 saturated heterocycles. The van der Waals surface area contributed by atoms with Gasteiger partial charge in [-0.15, -0.1) is 5.10 Å². The number of hydrogen-bond donors (Lipinski definition) is 2. The Kier molecular flexibility index (Phi) is 6.91. The number of aromatic amines is 1. The molecule has 35 heavy (non-hydrogen) atoms. The van der Waals surface area contributed by atoms with Gasteiger partial charge in [-0.1, -0.05) is 11.6 Å². The van der Waals surface area contributed by atoms with Gasteiger partial charge in [-0.25, -0.2) is 14.4 Å². The fraction of sp³-hybridized carbons (Fsp3) is 0.333. The lowest BCUT2D eigenvalue weighted by molar-refractivity contribution is 0.131. The van der Waals surface area contributed by atoms with E-state index in [4.69, 9.17) is 21.1 Å². The van der Waals surface area contributed by atoms with Gasteiger partial charge in [-0.3, -0.25) is 15.0 Å². The van der Waals surface area contributed by atoms with Crippen molar-refractivity contribution in [2.45, 2.75) is 25.9 Å². The molecular formula is C24H25ClFN7O2. The van der Waals surface area contributed by atoms with Crippen molar-refractivity contribution in [3.8, 4) is 17.4 Å². The first kappa shape index (κ1) is 23.3. The standard InChI is InChI=1S/C24H25ClFN7O2/c1-15-2-4-18(13-27-15)35-20-5-3-17(12-19(20)25)30-22-21-23(29-14-28-22)31-32-24(21)34-11-10-33-8-6-16(26)7-9-33/h2-5,12-14,16H,6-11H2,1H3,(H2,28,29,30,31,32). The third kappa shape index (κ3) is 5.60. The number of pyridine rings is 1. The highest BCUT2D eigenvalue weighted by Gasteiger charge is 2.19. The smallest absolute Gasteiger partial charge is 0.246 e. The highest BCUT2D eigenvalue weighted by atomic mass is 35.5. The predicted molar refractivity (Wildman–Crippen MR) is 132 cm³/mol. The van der Waals surface area contributed by atoms with Crippen molar-refractivity contribution >= 4 is 34.1 Å². The van der Waals surface area contributed by atoms with Gasteiger partial charge in [0.15, 0.2) is 5.65 Å². The molecule has 0 atom stereocenters. The number of ether oxygens (including phenoxy) is 2. The minimum absolute atomic E-state index is 0.404. The maximum Gasteiger partial charge on any atom is 0.246 e. The Balaban J connectivity index is 1.28. The zero-order chi connectivity index (χ0) is 24.2. The third-order valence-electron chi connectivity index (χ3n) is 5.79. The summed E-state index contributed by atoms with van der Waals surface area (Å²) >= 11 is 6.47. The van der Waals surface area contributed by atoms with E-state index in [-0.39, 0.29) is 0 Å². The fourth-order valence-corrected chi connectivity index (χ4v) is 4.09. The molecule has 0 spiro atoms. The van der Waals surface area contributed by atoms with E-state index in [1.54, 1.807) is 18.3 Å². The number of anilines is 2. The molecule has 0 unspecified atom stereocenters. The van der Waals surface area contributed by atoms with Crippen LogP contribution in [0.25, 0.3) is 11.0 Å². The van der Waals surface area contributed by atoms with Gasteiger partial charge < -0.3 is 14.8 Å². The number of alkyl halides is 1. The van der Waals surface area contributed by atoms with E-state index in [2.05, 4.69) is 35.4 Å². The SMILES string of the molecule is Cc1ccc(Oc2ccc(Nc3ncnc4[nH]nc(OCCN5CCC(F)CC5)c34)cc2Cl)cn1. The molecule has 9 nitrogen and oxygen atoms in total. The quantitative estimate of drug-likeness (QED) is 0.348. The normalized spacial score (nSPS) is 14.8. The summed E-state index contributed by atoms with van der Waals surface area (Å²) in [5.41, 5.74) is 2.17. The Morgan fingerprint density at radius 2 is 2.03 bits per heavy atom. The topological polar surface area (TPSA) is 101 Å². The minimum Gasteiger partial charge on any atom is -0.475 e. The van der Waals surface area contributed by atoms with E-state index in [1.807, 2.05) is 25.1 Å². The van der Waals surface area contributed by atoms with E-state index in [0.29, 0.717) is 70.9 Å². The van der Waals surface area contributed by atoms with Crippen molar-refractivity contribution in [2.75, 3.05) is 31.6 Å². The molecule has 182 valence electrons. The van der Waals surface area contributed by atoms with Crippen molar-refractivity contribution < 1.29 is 13.9 Å². The van der Waals surface area contributed by atoms with Crippen LogP contribution in [0.2, 0.25) is 5.02 Å². The van der Waals surface area contributed by atoms with Crippen LogP contribution in [0, 0.1) is 6.92 Å². The number of rotatable bonds is 8. The predicted octanol–water partition coefficient (Wildman–Crippen LogP) is 5.06. The van der Waals surface area contributed by atoms with Crippen molar-refractivity contribution in [3.05, 3.63) is 53.6 Å². The maximum absolute atomic E-state index is 13.3. The summed E-state index contributed by atoms with van der Waals surface area (Å²) in [5, 5.41) is 11.5. The van der Waals surface area contributed by atoms with Crippen LogP contribution in [0.1, 0.15) is 18.5 Å². The van der Waals surface area contributed by atoms with Gasteiger partial charge in [-0.2, -0.15) is 0 Å². The largest absolute Gasteiger partial charge is 0.475 e. The number of H-pyrrole nitrogens is 1. The first-order valence-corrected chi connectivity index (χ1v) is 11.8. The Bertz CT molecular complexity index is 1290. The Labute approximate surface area is 206 Å². The summed E-state index contributed by atoms with van der Waals surface area (Å²) in [7, 11) is 0. The maximum atomic E-state index is 13.3. The number of nitrogens with one attached hydrogen (secondary N) is 2. The van der Waals surface area contributed by atoms with Crippen LogP contribution in [-0.2, 0) is 0 Å². The van der Waals surface area contributed by atoms with E-state index < -0.39 is 6.17 Å². The minimum atomic E-state index is -0.693. The van der Waals surface area contributed by atoms with Crippen LogP contribution in [0.15, 0.2) is 42.9 Å². The van der Waals surface area contributed by atoms with Crippen LogP contribution in [0.3, 0.4) is 0 Å². The lowest BCUT2D eigenvalue weighted by Gasteiger charge is -2.28. The lowest BCUT2D eigenvalue weighted by Crippen LogP contribution is -2.37. The Hall–Kier alpha value is -3.50. The zero-order valence-corrected chi connectivity index (χ0v) is 19.9. The van der Waals surface area contributed by atoms with Crippen LogP contribution in [0.5, 0.6) is 17.4 Å². The number of aryl methyl sites for hydroxylation is 1. The highest BCUT2D eigenvalue weighted by Crippen LogP contribution is 2.34. The van der Waals surface area contributed by atoms with Crippen molar-refractivity contribution in [1.82, 2.24) is 30.0 Å². The number of likely N-dealkylation sites (tertiary alicyclic amines) is 1. The fourth-order valence-electron chi connectivity index (χ4n) is 3.87. The average molecular weight is 498 g/mol. The van der Waals surface area contributed by atoms with Crippen LogP contribution in [-0.4, -0.2) is 62.5 Å². The second-order valence-corrected chi connectivity index (χ2v) is 8.75. The summed E-state index contributed by atoms with van der Waals surface area (Å²) < 4.78 is 25.1. The van der Waals surface area contributed by atoms with Gasteiger partial charge in [0, 0.05) is 31.0 Å². The molecule has 0 radical (unpaired) electrons. The summed E-state index contributed by atoms with van der Waals surface area (Å²) in [6.07, 6.45) is 3.54. The molecule has 11 heteroatoms. The number of fused-ring (bicyclic) bond motifs is 1. The van der Waals surface area contributed by atoms with Gasteiger partial charge in [0.25, 0.3) is 0 Å². The molecule has 0 saturated carbocycles. The summed E-state index contributed by atoms with van der Waals surface area (Å²) in [6, 6.07) is 9.08. The molecule has 2 N–H and O–H groups in total. The molecule has 4 heterocycles. The van der Waals surface area contributed by atoms with E-state index in [1.165, 1.54) is 6.33 Å². The second-order valence-electron chi connectivity index (χ2n) is 8.35. The number of hydrogen-bond acceptors (Lipinski definition) is 8. The first-order chi connectivity index (χ1) is 17.0. The zero-order valence-electron chi connectivity index (χ0n) is 19.2. The van der Waals surface area contributed by atoms with Crippen LogP contribution in [0.4, 0.5) is 15.9 Å². The van der Waals surface area contributed by atoms with Gasteiger partial charge in [0.2, 0.25) is 5.88 Å². The monoisotopic (exact) mass is 497 g/mol. The summed E-state index contributed by atoms with van der Waals surface area (Å²) in [4.78, 5) is 15.0. The lowest BCUT2D eigenvalue weighted by atomic mass is 10.1. The molecule has 1 aromatic carbocycles. The van der Waals surface area contributed by atoms with Gasteiger partial charge >= 0.3 is 0 Å². The molecule has 1 aliphatic rings. The number of piperidine rings is 1. The van der Waals surface area contributed by atoms with Crippen LogP contribution < -0.4 is 14.8 Å². The number of halogens is 2. The molecule has 1 fully saturated rings. The van der Waals surface area contributed by atoms with Gasteiger partial charge in [0.1, 0.15) is 41.8 Å². The third-order valence-corrected chi connectivity index (χ3v) is 6.09. The Morgan fingerprint density at radius 1 is 1.17 bits per heavy atom.